The smallest absolute Gasteiger partial charge is 0.0702 e. The zero-order valence-electron chi connectivity index (χ0n) is 12.5. The minimum absolute atomic E-state index is 0.418. The van der Waals surface area contributed by atoms with Crippen LogP contribution in [0.3, 0.4) is 0 Å². The number of rotatable bonds is 4. The summed E-state index contributed by atoms with van der Waals surface area (Å²) in [5.41, 5.74) is 0.418. The third kappa shape index (κ3) is 3.06. The van der Waals surface area contributed by atoms with E-state index in [0.29, 0.717) is 23.6 Å². The lowest BCUT2D eigenvalue weighted by atomic mass is 9.86. The highest BCUT2D eigenvalue weighted by atomic mass is 16.5. The van der Waals surface area contributed by atoms with Crippen molar-refractivity contribution in [2.75, 3.05) is 27.2 Å². The first-order valence-electron chi connectivity index (χ1n) is 7.53. The quantitative estimate of drug-likeness (QED) is 0.833. The van der Waals surface area contributed by atoms with Crippen LogP contribution in [0.15, 0.2) is 0 Å². The Labute approximate surface area is 112 Å². The lowest BCUT2D eigenvalue weighted by molar-refractivity contribution is -0.0107. The normalized spacial score (nSPS) is 36.2. The molecule has 18 heavy (non-hydrogen) atoms. The third-order valence-corrected chi connectivity index (χ3v) is 4.95. The SMILES string of the molecule is CNC1C(N(C)CC2CCCCO2)CCC1(C)C. The van der Waals surface area contributed by atoms with E-state index in [9.17, 15) is 0 Å². The van der Waals surface area contributed by atoms with Gasteiger partial charge in [-0.1, -0.05) is 13.8 Å². The predicted molar refractivity (Wildman–Crippen MR) is 75.9 cm³/mol. The largest absolute Gasteiger partial charge is 0.377 e. The first kappa shape index (κ1) is 14.3. The molecule has 0 radical (unpaired) electrons. The van der Waals surface area contributed by atoms with Gasteiger partial charge in [0.15, 0.2) is 0 Å². The van der Waals surface area contributed by atoms with E-state index in [1.807, 2.05) is 0 Å². The Morgan fingerprint density at radius 2 is 2.06 bits per heavy atom. The van der Waals surface area contributed by atoms with E-state index in [-0.39, 0.29) is 0 Å². The maximum absolute atomic E-state index is 5.87. The van der Waals surface area contributed by atoms with Gasteiger partial charge < -0.3 is 10.1 Å². The first-order chi connectivity index (χ1) is 8.54. The molecule has 0 aromatic heterocycles. The number of nitrogens with one attached hydrogen (secondary N) is 1. The molecule has 0 bridgehead atoms. The second-order valence-electron chi connectivity index (χ2n) is 6.79. The van der Waals surface area contributed by atoms with Crippen LogP contribution < -0.4 is 5.32 Å². The van der Waals surface area contributed by atoms with Crippen LogP contribution >= 0.6 is 0 Å². The van der Waals surface area contributed by atoms with Gasteiger partial charge in [-0.2, -0.15) is 0 Å². The summed E-state index contributed by atoms with van der Waals surface area (Å²) >= 11 is 0. The van der Waals surface area contributed by atoms with Crippen molar-refractivity contribution in [2.45, 2.75) is 64.1 Å². The van der Waals surface area contributed by atoms with E-state index in [1.165, 1.54) is 32.1 Å². The summed E-state index contributed by atoms with van der Waals surface area (Å²) in [7, 11) is 4.38. The number of likely N-dealkylation sites (N-methyl/N-ethyl adjacent to an activating group) is 2. The Bertz CT molecular complexity index is 261. The van der Waals surface area contributed by atoms with Gasteiger partial charge in [0.05, 0.1) is 6.10 Å². The zero-order valence-corrected chi connectivity index (χ0v) is 12.5. The van der Waals surface area contributed by atoms with Crippen molar-refractivity contribution in [3.8, 4) is 0 Å². The molecule has 3 unspecified atom stereocenters. The summed E-state index contributed by atoms with van der Waals surface area (Å²) in [5, 5.41) is 3.54. The Hall–Kier alpha value is -0.120. The minimum Gasteiger partial charge on any atom is -0.377 e. The second kappa shape index (κ2) is 5.89. The van der Waals surface area contributed by atoms with Gasteiger partial charge in [0.1, 0.15) is 0 Å². The lowest BCUT2D eigenvalue weighted by Crippen LogP contribution is -2.51. The molecular weight excluding hydrogens is 224 g/mol. The lowest BCUT2D eigenvalue weighted by Gasteiger charge is -2.37. The molecule has 0 aromatic carbocycles. The van der Waals surface area contributed by atoms with E-state index < -0.39 is 0 Å². The molecule has 3 heteroatoms. The predicted octanol–water partition coefficient (Wildman–Crippen LogP) is 2.26. The highest BCUT2D eigenvalue weighted by molar-refractivity contribution is 5.00. The molecule has 1 aliphatic carbocycles. The van der Waals surface area contributed by atoms with Gasteiger partial charge in [0.2, 0.25) is 0 Å². The van der Waals surface area contributed by atoms with Gasteiger partial charge in [-0.15, -0.1) is 0 Å². The summed E-state index contributed by atoms with van der Waals surface area (Å²) in [4.78, 5) is 2.53. The number of hydrogen-bond acceptors (Lipinski definition) is 3. The molecule has 2 rings (SSSR count). The molecule has 1 heterocycles. The third-order valence-electron chi connectivity index (χ3n) is 4.95. The maximum Gasteiger partial charge on any atom is 0.0702 e. The van der Waals surface area contributed by atoms with Crippen molar-refractivity contribution in [3.63, 3.8) is 0 Å². The average molecular weight is 254 g/mol. The van der Waals surface area contributed by atoms with Gasteiger partial charge in [0.25, 0.3) is 0 Å². The molecular formula is C15H30N2O. The topological polar surface area (TPSA) is 24.5 Å². The van der Waals surface area contributed by atoms with Crippen LogP contribution in [-0.2, 0) is 4.74 Å². The van der Waals surface area contributed by atoms with Crippen molar-refractivity contribution < 1.29 is 4.74 Å². The van der Waals surface area contributed by atoms with Gasteiger partial charge in [-0.05, 0) is 51.6 Å². The summed E-state index contributed by atoms with van der Waals surface area (Å²) in [6.45, 7) is 6.83. The first-order valence-corrected chi connectivity index (χ1v) is 7.53. The van der Waals surface area contributed by atoms with E-state index in [4.69, 9.17) is 4.74 Å². The summed E-state index contributed by atoms with van der Waals surface area (Å²) in [6, 6.07) is 1.27. The van der Waals surface area contributed by atoms with Crippen LogP contribution in [0.25, 0.3) is 0 Å². The average Bonchev–Trinajstić information content (AvgIpc) is 2.65. The fourth-order valence-corrected chi connectivity index (χ4v) is 3.83. The fraction of sp³-hybridized carbons (Fsp3) is 1.00. The molecule has 0 aromatic rings. The van der Waals surface area contributed by atoms with Crippen LogP contribution in [0, 0.1) is 5.41 Å². The highest BCUT2D eigenvalue weighted by Crippen LogP contribution is 2.39. The number of ether oxygens (including phenoxy) is 1. The Kier molecular flexibility index (Phi) is 4.68. The van der Waals surface area contributed by atoms with Crippen molar-refractivity contribution in [2.24, 2.45) is 5.41 Å². The Morgan fingerprint density at radius 3 is 2.67 bits per heavy atom. The van der Waals surface area contributed by atoms with Crippen LogP contribution in [-0.4, -0.2) is 50.3 Å². The molecule has 0 spiro atoms. The Morgan fingerprint density at radius 1 is 1.28 bits per heavy atom. The molecule has 2 aliphatic rings. The van der Waals surface area contributed by atoms with Crippen molar-refractivity contribution in [1.29, 1.82) is 0 Å². The van der Waals surface area contributed by atoms with Crippen molar-refractivity contribution in [3.05, 3.63) is 0 Å². The molecule has 106 valence electrons. The second-order valence-corrected chi connectivity index (χ2v) is 6.79. The van der Waals surface area contributed by atoms with Gasteiger partial charge in [-0.25, -0.2) is 0 Å². The monoisotopic (exact) mass is 254 g/mol. The van der Waals surface area contributed by atoms with E-state index in [1.54, 1.807) is 0 Å². The van der Waals surface area contributed by atoms with Crippen molar-refractivity contribution >= 4 is 0 Å². The molecule has 1 aliphatic heterocycles. The van der Waals surface area contributed by atoms with Gasteiger partial charge in [-0.3, -0.25) is 4.90 Å². The number of nitrogens with zero attached hydrogens (tertiary/aromatic N) is 1. The highest BCUT2D eigenvalue weighted by Gasteiger charge is 2.42. The van der Waals surface area contributed by atoms with Gasteiger partial charge >= 0.3 is 0 Å². The van der Waals surface area contributed by atoms with Crippen LogP contribution in [0.5, 0.6) is 0 Å². The van der Waals surface area contributed by atoms with E-state index in [2.05, 4.69) is 38.2 Å². The zero-order chi connectivity index (χ0) is 13.2. The van der Waals surface area contributed by atoms with Crippen LogP contribution in [0.1, 0.15) is 46.0 Å². The minimum atomic E-state index is 0.418. The fourth-order valence-electron chi connectivity index (χ4n) is 3.83. The van der Waals surface area contributed by atoms with Crippen LogP contribution in [0.2, 0.25) is 0 Å². The molecule has 1 N–H and O–H groups in total. The maximum atomic E-state index is 5.87. The molecule has 1 saturated carbocycles. The summed E-state index contributed by atoms with van der Waals surface area (Å²) in [5.74, 6) is 0. The van der Waals surface area contributed by atoms with Crippen LogP contribution in [0.4, 0.5) is 0 Å². The summed E-state index contributed by atoms with van der Waals surface area (Å²) in [6.07, 6.45) is 6.91. The molecule has 3 nitrogen and oxygen atoms in total. The van der Waals surface area contributed by atoms with E-state index in [0.717, 1.165) is 13.2 Å². The van der Waals surface area contributed by atoms with Crippen molar-refractivity contribution in [1.82, 2.24) is 10.2 Å². The molecule has 0 amide bonds. The van der Waals surface area contributed by atoms with E-state index >= 15 is 0 Å². The standard InChI is InChI=1S/C15H30N2O/c1-15(2)9-8-13(14(15)16-3)17(4)11-12-7-5-6-10-18-12/h12-14,16H,5-11H2,1-4H3. The summed E-state index contributed by atoms with van der Waals surface area (Å²) < 4.78 is 5.87. The molecule has 1 saturated heterocycles. The number of hydrogen-bond donors (Lipinski definition) is 1. The molecule has 3 atom stereocenters. The molecule has 2 fully saturated rings. The Balaban J connectivity index is 1.90. The van der Waals surface area contributed by atoms with Gasteiger partial charge in [0, 0.05) is 25.2 Å².